The minimum absolute atomic E-state index is 0.171. The van der Waals surface area contributed by atoms with Crippen LogP contribution in [0.4, 0.5) is 10.5 Å². The number of benzene rings is 2. The Kier molecular flexibility index (Phi) is 7.08. The number of carbonyl (C=O) groups excluding carboxylic acids is 2. The standard InChI is InChI=1S/C22H25NO6/c1-3-27-21-16(11-20(24)26-2)14-28-19-10-9-17(12-18(19)21)23-22(25)29-13-15-7-5-4-6-8-15/h4-10,12,16,21H,3,11,13-14H2,1-2H3,(H,23,25). The highest BCUT2D eigenvalue weighted by molar-refractivity contribution is 5.85. The largest absolute Gasteiger partial charge is 0.493 e. The fourth-order valence-corrected chi connectivity index (χ4v) is 3.26. The Morgan fingerprint density at radius 2 is 1.97 bits per heavy atom. The van der Waals surface area contributed by atoms with E-state index in [0.29, 0.717) is 24.7 Å². The van der Waals surface area contributed by atoms with E-state index in [4.69, 9.17) is 18.9 Å². The van der Waals surface area contributed by atoms with Gasteiger partial charge in [-0.05, 0) is 30.7 Å². The Morgan fingerprint density at radius 1 is 1.17 bits per heavy atom. The highest BCUT2D eigenvalue weighted by Crippen LogP contribution is 2.40. The molecule has 0 radical (unpaired) electrons. The Morgan fingerprint density at radius 3 is 2.69 bits per heavy atom. The molecule has 2 unspecified atom stereocenters. The average molecular weight is 399 g/mol. The van der Waals surface area contributed by atoms with Crippen molar-refractivity contribution in [3.8, 4) is 5.75 Å². The molecule has 2 aromatic rings. The maximum Gasteiger partial charge on any atom is 0.411 e. The van der Waals surface area contributed by atoms with Crippen LogP contribution in [0, 0.1) is 5.92 Å². The molecule has 29 heavy (non-hydrogen) atoms. The molecule has 1 aliphatic rings. The molecule has 0 saturated heterocycles. The zero-order chi connectivity index (χ0) is 20.6. The van der Waals surface area contributed by atoms with Gasteiger partial charge in [0.25, 0.3) is 0 Å². The van der Waals surface area contributed by atoms with Gasteiger partial charge in [-0.2, -0.15) is 0 Å². The summed E-state index contributed by atoms with van der Waals surface area (Å²) in [5.74, 6) is 0.188. The fraction of sp³-hybridized carbons (Fsp3) is 0.364. The van der Waals surface area contributed by atoms with Gasteiger partial charge in [-0.15, -0.1) is 0 Å². The Bertz CT molecular complexity index is 838. The summed E-state index contributed by atoms with van der Waals surface area (Å²) >= 11 is 0. The van der Waals surface area contributed by atoms with Crippen molar-refractivity contribution in [3.05, 3.63) is 59.7 Å². The number of esters is 1. The summed E-state index contributed by atoms with van der Waals surface area (Å²) in [6.45, 7) is 2.92. The van der Waals surface area contributed by atoms with Gasteiger partial charge in [0.2, 0.25) is 0 Å². The molecular weight excluding hydrogens is 374 g/mol. The maximum atomic E-state index is 12.2. The van der Waals surface area contributed by atoms with Crippen LogP contribution >= 0.6 is 0 Å². The van der Waals surface area contributed by atoms with Crippen molar-refractivity contribution >= 4 is 17.7 Å². The van der Waals surface area contributed by atoms with Crippen LogP contribution in [0.25, 0.3) is 0 Å². The van der Waals surface area contributed by atoms with E-state index >= 15 is 0 Å². The summed E-state index contributed by atoms with van der Waals surface area (Å²) in [5.41, 5.74) is 2.25. The Labute approximate surface area is 169 Å². The first-order valence-electron chi connectivity index (χ1n) is 9.53. The Hall–Kier alpha value is -3.06. The monoisotopic (exact) mass is 399 g/mol. The molecule has 154 valence electrons. The molecule has 3 rings (SSSR count). The second-order valence-electron chi connectivity index (χ2n) is 6.67. The highest BCUT2D eigenvalue weighted by atomic mass is 16.5. The van der Waals surface area contributed by atoms with Crippen LogP contribution < -0.4 is 10.1 Å². The number of methoxy groups -OCH3 is 1. The van der Waals surface area contributed by atoms with E-state index in [1.165, 1.54) is 7.11 Å². The first kappa shape index (κ1) is 20.7. The van der Waals surface area contributed by atoms with E-state index < -0.39 is 6.09 Å². The number of anilines is 1. The smallest absolute Gasteiger partial charge is 0.411 e. The summed E-state index contributed by atoms with van der Waals surface area (Å²) < 4.78 is 21.7. The molecule has 0 spiro atoms. The van der Waals surface area contributed by atoms with Crippen LogP contribution in [0.3, 0.4) is 0 Å². The lowest BCUT2D eigenvalue weighted by atomic mass is 9.90. The number of carbonyl (C=O) groups is 2. The molecule has 0 aliphatic carbocycles. The molecule has 0 fully saturated rings. The van der Waals surface area contributed by atoms with Crippen molar-refractivity contribution in [2.75, 3.05) is 25.6 Å². The van der Waals surface area contributed by atoms with Crippen molar-refractivity contribution in [1.82, 2.24) is 0 Å². The van der Waals surface area contributed by atoms with Crippen LogP contribution in [-0.2, 0) is 25.6 Å². The number of hydrogen-bond acceptors (Lipinski definition) is 6. The molecule has 0 saturated carbocycles. The number of nitrogens with one attached hydrogen (secondary N) is 1. The molecular formula is C22H25NO6. The van der Waals surface area contributed by atoms with Crippen molar-refractivity contribution in [2.24, 2.45) is 5.92 Å². The first-order chi connectivity index (χ1) is 14.1. The molecule has 7 nitrogen and oxygen atoms in total. The summed E-state index contributed by atoms with van der Waals surface area (Å²) in [7, 11) is 1.36. The van der Waals surface area contributed by atoms with E-state index in [1.807, 2.05) is 37.3 Å². The fourth-order valence-electron chi connectivity index (χ4n) is 3.26. The van der Waals surface area contributed by atoms with Crippen molar-refractivity contribution in [1.29, 1.82) is 0 Å². The van der Waals surface area contributed by atoms with Gasteiger partial charge in [0.05, 0.1) is 26.2 Å². The number of hydrogen-bond donors (Lipinski definition) is 1. The van der Waals surface area contributed by atoms with E-state index in [0.717, 1.165) is 11.1 Å². The molecule has 1 amide bonds. The maximum absolute atomic E-state index is 12.2. The van der Waals surface area contributed by atoms with E-state index in [1.54, 1.807) is 18.2 Å². The predicted molar refractivity (Wildman–Crippen MR) is 107 cm³/mol. The summed E-state index contributed by atoms with van der Waals surface area (Å²) in [5, 5.41) is 2.73. The highest BCUT2D eigenvalue weighted by Gasteiger charge is 2.33. The van der Waals surface area contributed by atoms with Gasteiger partial charge in [-0.3, -0.25) is 10.1 Å². The molecule has 2 atom stereocenters. The van der Waals surface area contributed by atoms with Gasteiger partial charge in [-0.1, -0.05) is 30.3 Å². The van der Waals surface area contributed by atoms with E-state index in [-0.39, 0.29) is 31.0 Å². The van der Waals surface area contributed by atoms with Crippen molar-refractivity contribution < 1.29 is 28.5 Å². The minimum Gasteiger partial charge on any atom is -0.493 e. The lowest BCUT2D eigenvalue weighted by Gasteiger charge is -2.33. The van der Waals surface area contributed by atoms with Gasteiger partial charge in [0, 0.05) is 23.8 Å². The average Bonchev–Trinajstić information content (AvgIpc) is 2.74. The van der Waals surface area contributed by atoms with Gasteiger partial charge < -0.3 is 18.9 Å². The van der Waals surface area contributed by atoms with Crippen molar-refractivity contribution in [2.45, 2.75) is 26.1 Å². The number of fused-ring (bicyclic) bond motifs is 1. The van der Waals surface area contributed by atoms with Crippen molar-refractivity contribution in [3.63, 3.8) is 0 Å². The first-order valence-corrected chi connectivity index (χ1v) is 9.53. The predicted octanol–water partition coefficient (Wildman–Crippen LogP) is 4.08. The molecule has 1 aliphatic heterocycles. The van der Waals surface area contributed by atoms with E-state index in [2.05, 4.69) is 5.32 Å². The lowest BCUT2D eigenvalue weighted by molar-refractivity contribution is -0.144. The molecule has 7 heteroatoms. The number of rotatable bonds is 7. The quantitative estimate of drug-likeness (QED) is 0.706. The summed E-state index contributed by atoms with van der Waals surface area (Å²) in [4.78, 5) is 23.9. The topological polar surface area (TPSA) is 83.1 Å². The van der Waals surface area contributed by atoms with Gasteiger partial charge in [-0.25, -0.2) is 4.79 Å². The van der Waals surface area contributed by atoms with Crippen LogP contribution in [0.15, 0.2) is 48.5 Å². The SMILES string of the molecule is CCOC1c2cc(NC(=O)OCc3ccccc3)ccc2OCC1CC(=O)OC. The molecule has 0 bridgehead atoms. The summed E-state index contributed by atoms with van der Waals surface area (Å²) in [6.07, 6.45) is -0.688. The third-order valence-electron chi connectivity index (χ3n) is 4.66. The van der Waals surface area contributed by atoms with Gasteiger partial charge >= 0.3 is 12.1 Å². The minimum atomic E-state index is -0.551. The lowest BCUT2D eigenvalue weighted by Crippen LogP contribution is -2.30. The third kappa shape index (κ3) is 5.48. The number of amides is 1. The van der Waals surface area contributed by atoms with Gasteiger partial charge in [0.15, 0.2) is 0 Å². The van der Waals surface area contributed by atoms with Gasteiger partial charge in [0.1, 0.15) is 12.4 Å². The third-order valence-corrected chi connectivity index (χ3v) is 4.66. The molecule has 0 aromatic heterocycles. The van der Waals surface area contributed by atoms with E-state index in [9.17, 15) is 9.59 Å². The zero-order valence-electron chi connectivity index (χ0n) is 16.6. The second-order valence-corrected chi connectivity index (χ2v) is 6.67. The zero-order valence-corrected chi connectivity index (χ0v) is 16.6. The molecule has 2 aromatic carbocycles. The normalized spacial score (nSPS) is 17.6. The van der Waals surface area contributed by atoms with Crippen LogP contribution in [-0.4, -0.2) is 32.4 Å². The second kappa shape index (κ2) is 9.93. The van der Waals surface area contributed by atoms with Crippen LogP contribution in [0.1, 0.15) is 30.6 Å². The van der Waals surface area contributed by atoms with Crippen LogP contribution in [0.2, 0.25) is 0 Å². The number of ether oxygens (including phenoxy) is 4. The Balaban J connectivity index is 1.69. The molecule has 1 heterocycles. The molecule has 1 N–H and O–H groups in total. The summed E-state index contributed by atoms with van der Waals surface area (Å²) in [6, 6.07) is 14.8. The van der Waals surface area contributed by atoms with Crippen LogP contribution in [0.5, 0.6) is 5.75 Å².